The van der Waals surface area contributed by atoms with E-state index in [1.807, 2.05) is 6.20 Å². The van der Waals surface area contributed by atoms with Gasteiger partial charge in [-0.2, -0.15) is 0 Å². The number of nitrogens with zero attached hydrogens (tertiary/aromatic N) is 2. The van der Waals surface area contributed by atoms with Crippen LogP contribution in [-0.2, 0) is 6.54 Å². The van der Waals surface area contributed by atoms with Crippen molar-refractivity contribution in [2.24, 2.45) is 5.92 Å². The van der Waals surface area contributed by atoms with Crippen LogP contribution >= 0.6 is 0 Å². The standard InChI is InChI=1S/C15H26N4/c1-10(2)7-17-13-8-18-15(11(3)4)19-14(13)9-16-12-5-6-12/h8,10-12,16-17H,5-7,9H2,1-4H3. The van der Waals surface area contributed by atoms with E-state index in [1.165, 1.54) is 12.8 Å². The van der Waals surface area contributed by atoms with Crippen molar-refractivity contribution >= 4 is 5.69 Å². The second-order valence-electron chi connectivity index (χ2n) is 6.17. The zero-order valence-corrected chi connectivity index (χ0v) is 12.5. The lowest BCUT2D eigenvalue weighted by atomic mass is 10.2. The Morgan fingerprint density at radius 2 is 2.00 bits per heavy atom. The predicted molar refractivity (Wildman–Crippen MR) is 79.3 cm³/mol. The molecule has 0 bridgehead atoms. The maximum absolute atomic E-state index is 4.71. The Hall–Kier alpha value is -1.16. The van der Waals surface area contributed by atoms with Crippen molar-refractivity contribution in [1.29, 1.82) is 0 Å². The van der Waals surface area contributed by atoms with Crippen LogP contribution in [0.25, 0.3) is 0 Å². The lowest BCUT2D eigenvalue weighted by Crippen LogP contribution is -2.20. The SMILES string of the molecule is CC(C)CNc1cnc(C(C)C)nc1CNC1CC1. The van der Waals surface area contributed by atoms with Crippen LogP contribution in [-0.4, -0.2) is 22.6 Å². The Morgan fingerprint density at radius 1 is 1.26 bits per heavy atom. The second-order valence-corrected chi connectivity index (χ2v) is 6.17. The molecule has 1 aromatic heterocycles. The maximum Gasteiger partial charge on any atom is 0.131 e. The fourth-order valence-corrected chi connectivity index (χ4v) is 1.84. The van der Waals surface area contributed by atoms with E-state index in [-0.39, 0.29) is 0 Å². The van der Waals surface area contributed by atoms with Crippen LogP contribution in [0.2, 0.25) is 0 Å². The Morgan fingerprint density at radius 3 is 2.58 bits per heavy atom. The van der Waals surface area contributed by atoms with Crippen molar-refractivity contribution in [3.8, 4) is 0 Å². The molecule has 2 N–H and O–H groups in total. The van der Waals surface area contributed by atoms with E-state index in [2.05, 4.69) is 43.3 Å². The minimum atomic E-state index is 0.374. The molecule has 0 aliphatic heterocycles. The third-order valence-corrected chi connectivity index (χ3v) is 3.24. The van der Waals surface area contributed by atoms with Gasteiger partial charge in [-0.1, -0.05) is 27.7 Å². The quantitative estimate of drug-likeness (QED) is 0.793. The molecular weight excluding hydrogens is 236 g/mol. The molecule has 19 heavy (non-hydrogen) atoms. The third kappa shape index (κ3) is 4.46. The topological polar surface area (TPSA) is 49.8 Å². The highest BCUT2D eigenvalue weighted by Crippen LogP contribution is 2.21. The first-order valence-corrected chi connectivity index (χ1v) is 7.39. The molecule has 1 aliphatic carbocycles. The maximum atomic E-state index is 4.71. The summed E-state index contributed by atoms with van der Waals surface area (Å²) in [6.07, 6.45) is 4.54. The van der Waals surface area contributed by atoms with E-state index in [9.17, 15) is 0 Å². The van der Waals surface area contributed by atoms with Gasteiger partial charge in [-0.05, 0) is 18.8 Å². The van der Waals surface area contributed by atoms with Gasteiger partial charge in [0, 0.05) is 25.0 Å². The smallest absolute Gasteiger partial charge is 0.131 e. The molecule has 0 atom stereocenters. The molecule has 2 rings (SSSR count). The van der Waals surface area contributed by atoms with Gasteiger partial charge < -0.3 is 10.6 Å². The fraction of sp³-hybridized carbons (Fsp3) is 0.733. The molecule has 0 spiro atoms. The molecule has 4 nitrogen and oxygen atoms in total. The summed E-state index contributed by atoms with van der Waals surface area (Å²) in [6, 6.07) is 0.704. The predicted octanol–water partition coefficient (Wildman–Crippen LogP) is 2.92. The van der Waals surface area contributed by atoms with Crippen molar-refractivity contribution < 1.29 is 0 Å². The first-order chi connectivity index (χ1) is 9.06. The average Bonchev–Trinajstić information content (AvgIpc) is 3.18. The van der Waals surface area contributed by atoms with Crippen molar-refractivity contribution in [2.75, 3.05) is 11.9 Å². The van der Waals surface area contributed by atoms with Gasteiger partial charge in [-0.3, -0.25) is 0 Å². The van der Waals surface area contributed by atoms with Crippen molar-refractivity contribution in [2.45, 2.75) is 59.0 Å². The Labute approximate surface area is 116 Å². The highest BCUT2D eigenvalue weighted by molar-refractivity contribution is 5.46. The molecule has 4 heteroatoms. The molecule has 1 fully saturated rings. The molecule has 1 heterocycles. The van der Waals surface area contributed by atoms with Gasteiger partial charge in [0.15, 0.2) is 0 Å². The Bertz CT molecular complexity index is 411. The Kier molecular flexibility index (Phi) is 4.75. The minimum absolute atomic E-state index is 0.374. The molecule has 1 saturated carbocycles. The van der Waals surface area contributed by atoms with Gasteiger partial charge in [0.25, 0.3) is 0 Å². The van der Waals surface area contributed by atoms with Gasteiger partial charge in [-0.25, -0.2) is 9.97 Å². The number of hydrogen-bond acceptors (Lipinski definition) is 4. The highest BCUT2D eigenvalue weighted by Gasteiger charge is 2.21. The number of nitrogens with one attached hydrogen (secondary N) is 2. The van der Waals surface area contributed by atoms with Crippen molar-refractivity contribution in [3.05, 3.63) is 17.7 Å². The van der Waals surface area contributed by atoms with Crippen LogP contribution in [0, 0.1) is 5.92 Å². The molecule has 1 aromatic rings. The number of hydrogen-bond donors (Lipinski definition) is 2. The van der Waals surface area contributed by atoms with Gasteiger partial charge in [0.2, 0.25) is 0 Å². The minimum Gasteiger partial charge on any atom is -0.382 e. The zero-order chi connectivity index (χ0) is 13.8. The molecule has 1 aliphatic rings. The van der Waals surface area contributed by atoms with Gasteiger partial charge in [0.1, 0.15) is 5.82 Å². The first kappa shape index (κ1) is 14.3. The summed E-state index contributed by atoms with van der Waals surface area (Å²) >= 11 is 0. The van der Waals surface area contributed by atoms with Crippen LogP contribution < -0.4 is 10.6 Å². The summed E-state index contributed by atoms with van der Waals surface area (Å²) in [4.78, 5) is 9.17. The van der Waals surface area contributed by atoms with E-state index in [1.54, 1.807) is 0 Å². The molecule has 0 unspecified atom stereocenters. The van der Waals surface area contributed by atoms with E-state index >= 15 is 0 Å². The number of anilines is 1. The molecule has 0 amide bonds. The van der Waals surface area contributed by atoms with Crippen LogP contribution in [0.1, 0.15) is 58.0 Å². The molecule has 0 radical (unpaired) electrons. The zero-order valence-electron chi connectivity index (χ0n) is 12.5. The van der Waals surface area contributed by atoms with E-state index < -0.39 is 0 Å². The molecule has 0 aromatic carbocycles. The summed E-state index contributed by atoms with van der Waals surface area (Å²) < 4.78 is 0. The van der Waals surface area contributed by atoms with Crippen LogP contribution in [0.3, 0.4) is 0 Å². The second kappa shape index (κ2) is 6.33. The van der Waals surface area contributed by atoms with E-state index in [4.69, 9.17) is 4.98 Å². The van der Waals surface area contributed by atoms with Crippen LogP contribution in [0.4, 0.5) is 5.69 Å². The third-order valence-electron chi connectivity index (χ3n) is 3.24. The normalized spacial score (nSPS) is 15.3. The van der Waals surface area contributed by atoms with Crippen LogP contribution in [0.15, 0.2) is 6.20 Å². The molecular formula is C15H26N4. The number of aromatic nitrogens is 2. The molecule has 106 valence electrons. The number of rotatable bonds is 7. The first-order valence-electron chi connectivity index (χ1n) is 7.39. The summed E-state index contributed by atoms with van der Waals surface area (Å²) in [5.41, 5.74) is 2.18. The monoisotopic (exact) mass is 262 g/mol. The van der Waals surface area contributed by atoms with Gasteiger partial charge in [0.05, 0.1) is 17.6 Å². The lowest BCUT2D eigenvalue weighted by Gasteiger charge is -2.15. The highest BCUT2D eigenvalue weighted by atomic mass is 15.0. The summed E-state index contributed by atoms with van der Waals surface area (Å²) in [5.74, 6) is 1.93. The van der Waals surface area contributed by atoms with E-state index in [0.717, 1.165) is 30.3 Å². The van der Waals surface area contributed by atoms with E-state index in [0.29, 0.717) is 17.9 Å². The largest absolute Gasteiger partial charge is 0.382 e. The Balaban J connectivity index is 2.08. The molecule has 0 saturated heterocycles. The van der Waals surface area contributed by atoms with Gasteiger partial charge >= 0.3 is 0 Å². The fourth-order valence-electron chi connectivity index (χ4n) is 1.84. The summed E-state index contributed by atoms with van der Waals surface area (Å²) in [5, 5.41) is 6.99. The van der Waals surface area contributed by atoms with Crippen molar-refractivity contribution in [1.82, 2.24) is 15.3 Å². The summed E-state index contributed by atoms with van der Waals surface area (Å²) in [7, 11) is 0. The van der Waals surface area contributed by atoms with Crippen LogP contribution in [0.5, 0.6) is 0 Å². The van der Waals surface area contributed by atoms with Gasteiger partial charge in [-0.15, -0.1) is 0 Å². The summed E-state index contributed by atoms with van der Waals surface area (Å²) in [6.45, 7) is 10.5. The average molecular weight is 262 g/mol. The lowest BCUT2D eigenvalue weighted by molar-refractivity contribution is 0.654. The van der Waals surface area contributed by atoms with Crippen molar-refractivity contribution in [3.63, 3.8) is 0 Å².